The average Bonchev–Trinajstić information content (AvgIpc) is 2.48. The van der Waals surface area contributed by atoms with Gasteiger partial charge >= 0.3 is 0 Å². The zero-order valence-electron chi connectivity index (χ0n) is 15.6. The van der Waals surface area contributed by atoms with Gasteiger partial charge in [-0.3, -0.25) is 0 Å². The van der Waals surface area contributed by atoms with Crippen molar-refractivity contribution in [1.82, 2.24) is 9.80 Å². The molecular formula is C19H40N2. The lowest BCUT2D eigenvalue weighted by atomic mass is 9.87. The van der Waals surface area contributed by atoms with Gasteiger partial charge in [0.1, 0.15) is 0 Å². The van der Waals surface area contributed by atoms with Gasteiger partial charge in [-0.1, -0.05) is 41.0 Å². The molecule has 0 bridgehead atoms. The summed E-state index contributed by atoms with van der Waals surface area (Å²) in [5.74, 6) is 2.74. The molecule has 2 rings (SSSR count). The highest BCUT2D eigenvalue weighted by molar-refractivity contribution is 4.78. The summed E-state index contributed by atoms with van der Waals surface area (Å²) in [5.41, 5.74) is 0. The lowest BCUT2D eigenvalue weighted by Gasteiger charge is -2.37. The smallest absolute Gasteiger partial charge is 0.0118 e. The highest BCUT2D eigenvalue weighted by atomic mass is 15.2. The van der Waals surface area contributed by atoms with Crippen LogP contribution in [0.1, 0.15) is 66.7 Å². The van der Waals surface area contributed by atoms with Gasteiger partial charge < -0.3 is 9.80 Å². The number of nitrogens with zero attached hydrogens (tertiary/aromatic N) is 2. The van der Waals surface area contributed by atoms with Crippen LogP contribution in [0.5, 0.6) is 0 Å². The first-order valence-corrected chi connectivity index (χ1v) is 9.38. The van der Waals surface area contributed by atoms with E-state index in [0.29, 0.717) is 0 Å². The van der Waals surface area contributed by atoms with Crippen molar-refractivity contribution in [2.24, 2.45) is 17.8 Å². The van der Waals surface area contributed by atoms with Crippen LogP contribution >= 0.6 is 0 Å². The van der Waals surface area contributed by atoms with Gasteiger partial charge in [0.15, 0.2) is 0 Å². The van der Waals surface area contributed by atoms with Gasteiger partial charge in [0.2, 0.25) is 0 Å². The minimum Gasteiger partial charge on any atom is -0.306 e. The molecule has 2 nitrogen and oxygen atoms in total. The largest absolute Gasteiger partial charge is 0.306 e. The van der Waals surface area contributed by atoms with Crippen molar-refractivity contribution in [1.29, 1.82) is 0 Å². The highest BCUT2D eigenvalue weighted by Gasteiger charge is 2.23. The highest BCUT2D eigenvalue weighted by Crippen LogP contribution is 2.23. The Bertz CT molecular complexity index is 254. The monoisotopic (exact) mass is 296 g/mol. The molecule has 1 unspecified atom stereocenters. The van der Waals surface area contributed by atoms with E-state index >= 15 is 0 Å². The molecule has 126 valence electrons. The molecule has 2 heteroatoms. The zero-order valence-corrected chi connectivity index (χ0v) is 15.6. The first-order valence-electron chi connectivity index (χ1n) is 9.38. The minimum atomic E-state index is 0.843. The molecule has 2 heterocycles. The Morgan fingerprint density at radius 2 is 1.48 bits per heavy atom. The third-order valence-corrected chi connectivity index (χ3v) is 5.55. The van der Waals surface area contributed by atoms with Crippen LogP contribution in [0.4, 0.5) is 0 Å². The van der Waals surface area contributed by atoms with E-state index in [2.05, 4.69) is 51.5 Å². The van der Waals surface area contributed by atoms with Crippen molar-refractivity contribution in [2.45, 2.75) is 72.8 Å². The molecule has 0 spiro atoms. The summed E-state index contributed by atoms with van der Waals surface area (Å²) in [4.78, 5) is 5.06. The van der Waals surface area contributed by atoms with Gasteiger partial charge in [0.25, 0.3) is 0 Å². The first kappa shape index (κ1) is 19.0. The van der Waals surface area contributed by atoms with E-state index in [-0.39, 0.29) is 0 Å². The molecule has 2 fully saturated rings. The molecule has 0 radical (unpaired) electrons. The molecule has 0 aromatic rings. The maximum absolute atomic E-state index is 2.63. The molecule has 2 aliphatic rings. The second kappa shape index (κ2) is 9.84. The molecule has 0 aromatic carbocycles. The lowest BCUT2D eigenvalue weighted by molar-refractivity contribution is 0.119. The summed E-state index contributed by atoms with van der Waals surface area (Å²) in [7, 11) is 2.22. The molecule has 1 atom stereocenters. The van der Waals surface area contributed by atoms with Gasteiger partial charge in [-0.2, -0.15) is 0 Å². The number of hydrogen-bond acceptors (Lipinski definition) is 2. The van der Waals surface area contributed by atoms with E-state index in [1.807, 2.05) is 0 Å². The fourth-order valence-electron chi connectivity index (χ4n) is 3.86. The van der Waals surface area contributed by atoms with Crippen LogP contribution in [-0.4, -0.2) is 49.1 Å². The molecule has 2 aliphatic heterocycles. The fraction of sp³-hybridized carbons (Fsp3) is 1.00. The summed E-state index contributed by atoms with van der Waals surface area (Å²) in [6.07, 6.45) is 7.10. The number of piperidine rings is 2. The van der Waals surface area contributed by atoms with E-state index in [0.717, 1.165) is 23.8 Å². The Morgan fingerprint density at radius 3 is 1.90 bits per heavy atom. The zero-order chi connectivity index (χ0) is 15.8. The second-order valence-electron chi connectivity index (χ2n) is 7.82. The molecule has 0 aliphatic carbocycles. The Balaban J connectivity index is 0.000000211. The van der Waals surface area contributed by atoms with Crippen LogP contribution in [0, 0.1) is 17.8 Å². The first-order chi connectivity index (χ1) is 9.95. The van der Waals surface area contributed by atoms with Gasteiger partial charge in [-0.05, 0) is 76.7 Å². The van der Waals surface area contributed by atoms with Gasteiger partial charge in [0.05, 0.1) is 0 Å². The quantitative estimate of drug-likeness (QED) is 0.756. The Hall–Kier alpha value is -0.0800. The third-order valence-electron chi connectivity index (χ3n) is 5.55. The second-order valence-corrected chi connectivity index (χ2v) is 7.82. The summed E-state index contributed by atoms with van der Waals surface area (Å²) < 4.78 is 0. The Kier molecular flexibility index (Phi) is 8.89. The maximum atomic E-state index is 2.63. The predicted molar refractivity (Wildman–Crippen MR) is 94.8 cm³/mol. The van der Waals surface area contributed by atoms with Crippen LogP contribution in [0.25, 0.3) is 0 Å². The lowest BCUT2D eigenvalue weighted by Crippen LogP contribution is -2.42. The number of likely N-dealkylation sites (tertiary alicyclic amines) is 2. The van der Waals surface area contributed by atoms with Crippen LogP contribution in [0.2, 0.25) is 0 Å². The normalized spacial score (nSPS) is 26.0. The van der Waals surface area contributed by atoms with Crippen molar-refractivity contribution in [3.05, 3.63) is 0 Å². The maximum Gasteiger partial charge on any atom is 0.0118 e. The number of rotatable bonds is 3. The predicted octanol–water partition coefficient (Wildman–Crippen LogP) is 4.50. The molecular weight excluding hydrogens is 256 g/mol. The molecule has 21 heavy (non-hydrogen) atoms. The molecule has 2 saturated heterocycles. The minimum absolute atomic E-state index is 0.843. The molecule has 0 N–H and O–H groups in total. The Morgan fingerprint density at radius 1 is 0.857 bits per heavy atom. The van der Waals surface area contributed by atoms with Crippen LogP contribution in [-0.2, 0) is 0 Å². The van der Waals surface area contributed by atoms with Gasteiger partial charge in [-0.15, -0.1) is 0 Å². The van der Waals surface area contributed by atoms with Crippen LogP contribution in [0.3, 0.4) is 0 Å². The van der Waals surface area contributed by atoms with Crippen molar-refractivity contribution in [3.63, 3.8) is 0 Å². The standard InChI is InChI=1S/C10H21N.C9H19N/c1-4-11-8-6-5-7-10(11)9(2)3;1-8(2)9-4-6-10(3)7-5-9/h9-10H,4-8H2,1-3H3;8-9H,4-7H2,1-3H3. The Labute approximate surface area is 134 Å². The van der Waals surface area contributed by atoms with Crippen LogP contribution in [0.15, 0.2) is 0 Å². The van der Waals surface area contributed by atoms with E-state index in [4.69, 9.17) is 0 Å². The summed E-state index contributed by atoms with van der Waals surface area (Å²) >= 11 is 0. The SMILES string of the molecule is CC(C)C1CCN(C)CC1.CCN1CCCCC1C(C)C. The number of hydrogen-bond donors (Lipinski definition) is 0. The average molecular weight is 297 g/mol. The summed E-state index contributed by atoms with van der Waals surface area (Å²) in [6, 6.07) is 0.869. The van der Waals surface area contributed by atoms with Crippen molar-refractivity contribution >= 4 is 0 Å². The fourth-order valence-corrected chi connectivity index (χ4v) is 3.86. The van der Waals surface area contributed by atoms with E-state index in [1.54, 1.807) is 0 Å². The van der Waals surface area contributed by atoms with E-state index < -0.39 is 0 Å². The van der Waals surface area contributed by atoms with Crippen LogP contribution < -0.4 is 0 Å². The topological polar surface area (TPSA) is 6.48 Å². The van der Waals surface area contributed by atoms with E-state index in [9.17, 15) is 0 Å². The van der Waals surface area contributed by atoms with Gasteiger partial charge in [0, 0.05) is 6.04 Å². The third kappa shape index (κ3) is 6.69. The van der Waals surface area contributed by atoms with Crippen molar-refractivity contribution in [3.8, 4) is 0 Å². The van der Waals surface area contributed by atoms with Crippen molar-refractivity contribution < 1.29 is 0 Å². The van der Waals surface area contributed by atoms with Gasteiger partial charge in [-0.25, -0.2) is 0 Å². The molecule has 0 saturated carbocycles. The summed E-state index contributed by atoms with van der Waals surface area (Å²) in [5, 5.41) is 0. The van der Waals surface area contributed by atoms with E-state index in [1.165, 1.54) is 58.3 Å². The molecule has 0 amide bonds. The van der Waals surface area contributed by atoms with Crippen molar-refractivity contribution in [2.75, 3.05) is 33.2 Å². The molecule has 0 aromatic heterocycles. The summed E-state index contributed by atoms with van der Waals surface area (Å²) in [6.45, 7) is 16.8.